The van der Waals surface area contributed by atoms with Crippen LogP contribution in [0.25, 0.3) is 22.2 Å². The molecule has 4 rings (SSSR count). The Balaban J connectivity index is 1.57. The molecule has 0 atom stereocenters. The van der Waals surface area contributed by atoms with E-state index in [0.717, 1.165) is 22.2 Å². The SMILES string of the molecule is Cc1ccc2nc(-c3ccc(NC(=O)c4ccco4)cc3)ccc2c1. The van der Waals surface area contributed by atoms with Crippen molar-refractivity contribution in [2.45, 2.75) is 6.92 Å². The van der Waals surface area contributed by atoms with Gasteiger partial charge < -0.3 is 9.73 Å². The van der Waals surface area contributed by atoms with Crippen LogP contribution >= 0.6 is 0 Å². The molecule has 4 nitrogen and oxygen atoms in total. The molecule has 1 N–H and O–H groups in total. The van der Waals surface area contributed by atoms with Gasteiger partial charge in [-0.15, -0.1) is 0 Å². The van der Waals surface area contributed by atoms with E-state index in [2.05, 4.69) is 30.4 Å². The van der Waals surface area contributed by atoms with Gasteiger partial charge in [-0.2, -0.15) is 0 Å². The molecule has 0 bridgehead atoms. The molecule has 1 amide bonds. The molecule has 0 aliphatic rings. The second-order valence-corrected chi connectivity index (χ2v) is 5.90. The van der Waals surface area contributed by atoms with Gasteiger partial charge in [-0.25, -0.2) is 4.98 Å². The highest BCUT2D eigenvalue weighted by atomic mass is 16.3. The highest BCUT2D eigenvalue weighted by Crippen LogP contribution is 2.23. The number of aromatic nitrogens is 1. The average molecular weight is 328 g/mol. The molecule has 25 heavy (non-hydrogen) atoms. The third kappa shape index (κ3) is 3.15. The number of furan rings is 1. The van der Waals surface area contributed by atoms with Crippen LogP contribution in [0.2, 0.25) is 0 Å². The summed E-state index contributed by atoms with van der Waals surface area (Å²) in [5, 5.41) is 3.94. The van der Waals surface area contributed by atoms with Gasteiger partial charge in [0.1, 0.15) is 0 Å². The zero-order valence-electron chi connectivity index (χ0n) is 13.7. The molecule has 4 aromatic rings. The van der Waals surface area contributed by atoms with Crippen molar-refractivity contribution in [1.29, 1.82) is 0 Å². The number of nitrogens with zero attached hydrogens (tertiary/aromatic N) is 1. The van der Waals surface area contributed by atoms with E-state index >= 15 is 0 Å². The summed E-state index contributed by atoms with van der Waals surface area (Å²) in [6, 6.07) is 21.2. The molecule has 2 heterocycles. The summed E-state index contributed by atoms with van der Waals surface area (Å²) < 4.78 is 5.09. The largest absolute Gasteiger partial charge is 0.459 e. The van der Waals surface area contributed by atoms with Crippen LogP contribution < -0.4 is 5.32 Å². The van der Waals surface area contributed by atoms with Gasteiger partial charge >= 0.3 is 0 Å². The first-order valence-corrected chi connectivity index (χ1v) is 8.02. The Morgan fingerprint density at radius 1 is 1.00 bits per heavy atom. The fourth-order valence-corrected chi connectivity index (χ4v) is 2.73. The summed E-state index contributed by atoms with van der Waals surface area (Å²) >= 11 is 0. The van der Waals surface area contributed by atoms with Crippen molar-refractivity contribution in [3.8, 4) is 11.3 Å². The van der Waals surface area contributed by atoms with Crippen molar-refractivity contribution >= 4 is 22.5 Å². The van der Waals surface area contributed by atoms with Gasteiger partial charge in [0.15, 0.2) is 5.76 Å². The lowest BCUT2D eigenvalue weighted by molar-refractivity contribution is 0.0996. The summed E-state index contributed by atoms with van der Waals surface area (Å²) in [4.78, 5) is 16.7. The summed E-state index contributed by atoms with van der Waals surface area (Å²) in [5.41, 5.74) is 4.80. The lowest BCUT2D eigenvalue weighted by atomic mass is 10.1. The molecule has 2 aromatic carbocycles. The fraction of sp³-hybridized carbons (Fsp3) is 0.0476. The molecule has 0 saturated heterocycles. The van der Waals surface area contributed by atoms with E-state index in [1.54, 1.807) is 12.1 Å². The first kappa shape index (κ1) is 15.1. The van der Waals surface area contributed by atoms with Crippen molar-refractivity contribution in [2.75, 3.05) is 5.32 Å². The molecule has 122 valence electrons. The first-order valence-electron chi connectivity index (χ1n) is 8.02. The number of benzene rings is 2. The van der Waals surface area contributed by atoms with Gasteiger partial charge in [0.25, 0.3) is 5.91 Å². The Kier molecular flexibility index (Phi) is 3.78. The molecule has 0 unspecified atom stereocenters. The van der Waals surface area contributed by atoms with Gasteiger partial charge in [0.05, 0.1) is 17.5 Å². The van der Waals surface area contributed by atoms with Crippen LogP contribution in [0, 0.1) is 6.92 Å². The molecule has 0 aliphatic carbocycles. The second-order valence-electron chi connectivity index (χ2n) is 5.90. The predicted octanol–water partition coefficient (Wildman–Crippen LogP) is 5.06. The topological polar surface area (TPSA) is 55.1 Å². The van der Waals surface area contributed by atoms with Crippen molar-refractivity contribution in [3.63, 3.8) is 0 Å². The number of rotatable bonds is 3. The molecule has 0 aliphatic heterocycles. The van der Waals surface area contributed by atoms with E-state index in [1.165, 1.54) is 11.8 Å². The minimum atomic E-state index is -0.267. The van der Waals surface area contributed by atoms with Gasteiger partial charge in [0, 0.05) is 16.6 Å². The smallest absolute Gasteiger partial charge is 0.291 e. The van der Waals surface area contributed by atoms with Crippen LogP contribution in [-0.2, 0) is 0 Å². The van der Waals surface area contributed by atoms with Crippen molar-refractivity contribution in [2.24, 2.45) is 0 Å². The molecule has 0 spiro atoms. The summed E-state index contributed by atoms with van der Waals surface area (Å²) in [5.74, 6) is 0.0208. The second kappa shape index (κ2) is 6.24. The summed E-state index contributed by atoms with van der Waals surface area (Å²) in [6.45, 7) is 2.07. The Labute approximate surface area is 145 Å². The monoisotopic (exact) mass is 328 g/mol. The molecular formula is C21H16N2O2. The maximum atomic E-state index is 12.0. The van der Waals surface area contributed by atoms with Crippen LogP contribution in [-0.4, -0.2) is 10.9 Å². The molecule has 0 saturated carbocycles. The minimum absolute atomic E-state index is 0.267. The highest BCUT2D eigenvalue weighted by Gasteiger charge is 2.09. The molecule has 4 heteroatoms. The van der Waals surface area contributed by atoms with E-state index in [-0.39, 0.29) is 11.7 Å². The maximum Gasteiger partial charge on any atom is 0.291 e. The molecule has 2 aromatic heterocycles. The van der Waals surface area contributed by atoms with Gasteiger partial charge in [-0.1, -0.05) is 29.8 Å². The fourth-order valence-electron chi connectivity index (χ4n) is 2.73. The van der Waals surface area contributed by atoms with Gasteiger partial charge in [0.2, 0.25) is 0 Å². The van der Waals surface area contributed by atoms with Crippen LogP contribution in [0.3, 0.4) is 0 Å². The number of aryl methyl sites for hydroxylation is 1. The van der Waals surface area contributed by atoms with Crippen LogP contribution in [0.1, 0.15) is 16.1 Å². The first-order chi connectivity index (χ1) is 12.2. The predicted molar refractivity (Wildman–Crippen MR) is 98.6 cm³/mol. The normalized spacial score (nSPS) is 10.8. The Morgan fingerprint density at radius 2 is 1.84 bits per heavy atom. The van der Waals surface area contributed by atoms with E-state index in [1.807, 2.05) is 36.4 Å². The average Bonchev–Trinajstić information content (AvgIpc) is 3.17. The van der Waals surface area contributed by atoms with Gasteiger partial charge in [-0.3, -0.25) is 4.79 Å². The minimum Gasteiger partial charge on any atom is -0.459 e. The molecule has 0 fully saturated rings. The number of anilines is 1. The number of amides is 1. The van der Waals surface area contributed by atoms with Crippen molar-refractivity contribution in [1.82, 2.24) is 4.98 Å². The van der Waals surface area contributed by atoms with Crippen LogP contribution in [0.5, 0.6) is 0 Å². The van der Waals surface area contributed by atoms with Crippen molar-refractivity contribution in [3.05, 3.63) is 84.3 Å². The van der Waals surface area contributed by atoms with E-state index in [0.29, 0.717) is 5.69 Å². The number of carbonyl (C=O) groups is 1. The third-order valence-electron chi connectivity index (χ3n) is 4.03. The quantitative estimate of drug-likeness (QED) is 0.572. The van der Waals surface area contributed by atoms with E-state index in [4.69, 9.17) is 9.40 Å². The van der Waals surface area contributed by atoms with Crippen LogP contribution in [0.15, 0.2) is 77.4 Å². The molecule has 0 radical (unpaired) electrons. The zero-order chi connectivity index (χ0) is 17.2. The number of nitrogens with one attached hydrogen (secondary N) is 1. The third-order valence-corrected chi connectivity index (χ3v) is 4.03. The van der Waals surface area contributed by atoms with E-state index in [9.17, 15) is 4.79 Å². The lowest BCUT2D eigenvalue weighted by Gasteiger charge is -2.06. The van der Waals surface area contributed by atoms with Crippen molar-refractivity contribution < 1.29 is 9.21 Å². The number of hydrogen-bond donors (Lipinski definition) is 1. The standard InChI is InChI=1S/C21H16N2O2/c1-14-4-10-19-16(13-14)7-11-18(23-19)15-5-8-17(9-6-15)22-21(24)20-3-2-12-25-20/h2-13H,1H3,(H,22,24). The van der Waals surface area contributed by atoms with Crippen LogP contribution in [0.4, 0.5) is 5.69 Å². The number of fused-ring (bicyclic) bond motifs is 1. The maximum absolute atomic E-state index is 12.0. The molecular weight excluding hydrogens is 312 g/mol. The lowest BCUT2D eigenvalue weighted by Crippen LogP contribution is -2.10. The zero-order valence-corrected chi connectivity index (χ0v) is 13.7. The summed E-state index contributed by atoms with van der Waals surface area (Å²) in [6.07, 6.45) is 1.48. The van der Waals surface area contributed by atoms with E-state index < -0.39 is 0 Å². The number of carbonyl (C=O) groups excluding carboxylic acids is 1. The van der Waals surface area contributed by atoms with Gasteiger partial charge in [-0.05, 0) is 49.4 Å². The Bertz CT molecular complexity index is 1040. The Morgan fingerprint density at radius 3 is 2.60 bits per heavy atom. The summed E-state index contributed by atoms with van der Waals surface area (Å²) in [7, 11) is 0. The number of hydrogen-bond acceptors (Lipinski definition) is 3. The number of pyridine rings is 1. The highest BCUT2D eigenvalue weighted by molar-refractivity contribution is 6.02. The Hall–Kier alpha value is -3.40.